The summed E-state index contributed by atoms with van der Waals surface area (Å²) in [5.74, 6) is -0.398. The summed E-state index contributed by atoms with van der Waals surface area (Å²) in [5.41, 5.74) is 6.10. The molecule has 0 fully saturated rings. The minimum atomic E-state index is -0.304. The highest BCUT2D eigenvalue weighted by atomic mass is 32.1. The van der Waals surface area contributed by atoms with Crippen LogP contribution in [0.2, 0.25) is 0 Å². The summed E-state index contributed by atoms with van der Waals surface area (Å²) in [6.07, 6.45) is 0. The lowest BCUT2D eigenvalue weighted by Crippen LogP contribution is -2.39. The third-order valence-electron chi connectivity index (χ3n) is 2.54. The smallest absolute Gasteiger partial charge is 0.263 e. The Balaban J connectivity index is 2.56. The van der Waals surface area contributed by atoms with Crippen molar-refractivity contribution in [2.45, 2.75) is 20.8 Å². The van der Waals surface area contributed by atoms with E-state index < -0.39 is 0 Å². The minimum Gasteiger partial charge on any atom is -0.375 e. The van der Waals surface area contributed by atoms with Crippen LogP contribution in [0.15, 0.2) is 0 Å². The number of aryl methyl sites for hydroxylation is 1. The number of aromatic nitrogens is 1. The summed E-state index contributed by atoms with van der Waals surface area (Å²) in [7, 11) is 0. The van der Waals surface area contributed by atoms with Crippen LogP contribution in [0.5, 0.6) is 0 Å². The predicted octanol–water partition coefficient (Wildman–Crippen LogP) is 0.632. The van der Waals surface area contributed by atoms with Crippen molar-refractivity contribution in [1.82, 2.24) is 15.2 Å². The van der Waals surface area contributed by atoms with E-state index >= 15 is 0 Å². The molecular formula is C11H18N4O2S. The number of nitrogens with two attached hydrogens (primary N) is 1. The maximum atomic E-state index is 11.8. The Morgan fingerprint density at radius 3 is 2.44 bits per heavy atom. The molecule has 0 aliphatic rings. The third kappa shape index (κ3) is 3.43. The molecule has 0 atom stereocenters. The lowest BCUT2D eigenvalue weighted by Gasteiger charge is -2.18. The topological polar surface area (TPSA) is 88.3 Å². The lowest BCUT2D eigenvalue weighted by molar-refractivity contribution is -0.129. The maximum absolute atomic E-state index is 11.8. The number of hydrogen-bond donors (Lipinski definition) is 2. The minimum absolute atomic E-state index is 0.00222. The zero-order valence-corrected chi connectivity index (χ0v) is 11.6. The lowest BCUT2D eigenvalue weighted by atomic mass is 10.3. The SMILES string of the molecule is CCN(CC)C(=O)CNC(=O)c1sc(N)nc1C. The predicted molar refractivity (Wildman–Crippen MR) is 71.5 cm³/mol. The van der Waals surface area contributed by atoms with Gasteiger partial charge in [-0.15, -0.1) is 0 Å². The van der Waals surface area contributed by atoms with Crippen LogP contribution >= 0.6 is 11.3 Å². The molecule has 0 aliphatic heterocycles. The van der Waals surface area contributed by atoms with E-state index in [2.05, 4.69) is 10.3 Å². The standard InChI is InChI=1S/C11H18N4O2S/c1-4-15(5-2)8(16)6-13-10(17)9-7(3)14-11(12)18-9/h4-6H2,1-3H3,(H2,12,14)(H,13,17). The van der Waals surface area contributed by atoms with Crippen molar-refractivity contribution in [2.75, 3.05) is 25.4 Å². The largest absolute Gasteiger partial charge is 0.375 e. The molecule has 1 aromatic rings. The van der Waals surface area contributed by atoms with Gasteiger partial charge in [0.1, 0.15) is 4.88 Å². The average molecular weight is 270 g/mol. The van der Waals surface area contributed by atoms with Crippen LogP contribution in [0.25, 0.3) is 0 Å². The van der Waals surface area contributed by atoms with Gasteiger partial charge in [-0.25, -0.2) is 4.98 Å². The van der Waals surface area contributed by atoms with E-state index in [4.69, 9.17) is 5.73 Å². The molecule has 0 aromatic carbocycles. The molecule has 3 N–H and O–H groups in total. The number of rotatable bonds is 5. The summed E-state index contributed by atoms with van der Waals surface area (Å²) < 4.78 is 0. The van der Waals surface area contributed by atoms with E-state index in [1.807, 2.05) is 13.8 Å². The summed E-state index contributed by atoms with van der Waals surface area (Å²) in [5, 5.41) is 2.94. The van der Waals surface area contributed by atoms with E-state index in [0.717, 1.165) is 11.3 Å². The number of carbonyl (C=O) groups is 2. The van der Waals surface area contributed by atoms with E-state index in [9.17, 15) is 9.59 Å². The summed E-state index contributed by atoms with van der Waals surface area (Å²) >= 11 is 1.12. The van der Waals surface area contributed by atoms with Gasteiger partial charge in [0, 0.05) is 13.1 Å². The van der Waals surface area contributed by atoms with Gasteiger partial charge in [-0.2, -0.15) is 0 Å². The zero-order chi connectivity index (χ0) is 13.7. The first-order chi connectivity index (χ1) is 8.49. The molecule has 100 valence electrons. The highest BCUT2D eigenvalue weighted by molar-refractivity contribution is 7.17. The second kappa shape index (κ2) is 6.34. The van der Waals surface area contributed by atoms with Gasteiger partial charge in [0.05, 0.1) is 12.2 Å². The van der Waals surface area contributed by atoms with Crippen LogP contribution in [-0.4, -0.2) is 41.3 Å². The first-order valence-corrected chi connectivity index (χ1v) is 6.60. The number of nitrogen functional groups attached to an aromatic ring is 1. The van der Waals surface area contributed by atoms with E-state index in [-0.39, 0.29) is 18.4 Å². The molecule has 0 spiro atoms. The zero-order valence-electron chi connectivity index (χ0n) is 10.8. The Morgan fingerprint density at radius 2 is 2.00 bits per heavy atom. The number of carbonyl (C=O) groups excluding carboxylic acids is 2. The second-order valence-electron chi connectivity index (χ2n) is 3.72. The Hall–Kier alpha value is -1.63. The number of hydrogen-bond acceptors (Lipinski definition) is 5. The molecule has 2 amide bonds. The molecule has 1 heterocycles. The molecule has 1 aromatic heterocycles. The van der Waals surface area contributed by atoms with Crippen LogP contribution in [0, 0.1) is 6.92 Å². The molecular weight excluding hydrogens is 252 g/mol. The van der Waals surface area contributed by atoms with Gasteiger partial charge in [0.25, 0.3) is 5.91 Å². The first kappa shape index (κ1) is 14.4. The molecule has 0 bridgehead atoms. The van der Waals surface area contributed by atoms with Crippen molar-refractivity contribution in [3.63, 3.8) is 0 Å². The molecule has 0 unspecified atom stereocenters. The quantitative estimate of drug-likeness (QED) is 0.821. The molecule has 7 heteroatoms. The maximum Gasteiger partial charge on any atom is 0.263 e. The van der Waals surface area contributed by atoms with Gasteiger partial charge in [0.15, 0.2) is 5.13 Å². The summed E-state index contributed by atoms with van der Waals surface area (Å²) in [6.45, 7) is 6.79. The van der Waals surface area contributed by atoms with Gasteiger partial charge >= 0.3 is 0 Å². The average Bonchev–Trinajstić information content (AvgIpc) is 2.67. The number of amides is 2. The van der Waals surface area contributed by atoms with E-state index in [1.165, 1.54) is 0 Å². The Bertz CT molecular complexity index is 440. The normalized spacial score (nSPS) is 10.2. The summed E-state index contributed by atoms with van der Waals surface area (Å²) in [4.78, 5) is 29.6. The molecule has 6 nitrogen and oxygen atoms in total. The fraction of sp³-hybridized carbons (Fsp3) is 0.545. The van der Waals surface area contributed by atoms with Gasteiger partial charge in [-0.05, 0) is 20.8 Å². The van der Waals surface area contributed by atoms with Crippen molar-refractivity contribution < 1.29 is 9.59 Å². The van der Waals surface area contributed by atoms with Crippen molar-refractivity contribution in [1.29, 1.82) is 0 Å². The van der Waals surface area contributed by atoms with Gasteiger partial charge in [-0.3, -0.25) is 9.59 Å². The van der Waals surface area contributed by atoms with Gasteiger partial charge in [-0.1, -0.05) is 11.3 Å². The number of nitrogens with zero attached hydrogens (tertiary/aromatic N) is 2. The fourth-order valence-corrected chi connectivity index (χ4v) is 2.30. The highest BCUT2D eigenvalue weighted by Gasteiger charge is 2.16. The number of likely N-dealkylation sites (N-methyl/N-ethyl adjacent to an activating group) is 1. The van der Waals surface area contributed by atoms with E-state index in [1.54, 1.807) is 11.8 Å². The monoisotopic (exact) mass is 270 g/mol. The Morgan fingerprint density at radius 1 is 1.39 bits per heavy atom. The van der Waals surface area contributed by atoms with Crippen molar-refractivity contribution >= 4 is 28.3 Å². The first-order valence-electron chi connectivity index (χ1n) is 5.78. The molecule has 1 rings (SSSR count). The van der Waals surface area contributed by atoms with Crippen molar-refractivity contribution in [2.24, 2.45) is 0 Å². The number of thiazole rings is 1. The van der Waals surface area contributed by atoms with Crippen LogP contribution in [0.4, 0.5) is 5.13 Å². The van der Waals surface area contributed by atoms with Gasteiger partial charge in [0.2, 0.25) is 5.91 Å². The van der Waals surface area contributed by atoms with Gasteiger partial charge < -0.3 is 16.0 Å². The van der Waals surface area contributed by atoms with Crippen LogP contribution < -0.4 is 11.1 Å². The number of nitrogens with one attached hydrogen (secondary N) is 1. The van der Waals surface area contributed by atoms with Crippen LogP contribution in [-0.2, 0) is 4.79 Å². The molecule has 0 saturated carbocycles. The molecule has 18 heavy (non-hydrogen) atoms. The van der Waals surface area contributed by atoms with Crippen molar-refractivity contribution in [3.05, 3.63) is 10.6 Å². The fourth-order valence-electron chi connectivity index (χ4n) is 1.55. The number of anilines is 1. The summed E-state index contributed by atoms with van der Waals surface area (Å²) in [6, 6.07) is 0. The molecule has 0 saturated heterocycles. The second-order valence-corrected chi connectivity index (χ2v) is 4.75. The Labute approximate surface area is 110 Å². The van der Waals surface area contributed by atoms with E-state index in [0.29, 0.717) is 28.8 Å². The van der Waals surface area contributed by atoms with Crippen LogP contribution in [0.1, 0.15) is 29.2 Å². The highest BCUT2D eigenvalue weighted by Crippen LogP contribution is 2.19. The molecule has 0 radical (unpaired) electrons. The Kier molecular flexibility index (Phi) is 5.08. The molecule has 0 aliphatic carbocycles. The third-order valence-corrected chi connectivity index (χ3v) is 3.52. The van der Waals surface area contributed by atoms with Crippen LogP contribution in [0.3, 0.4) is 0 Å². The van der Waals surface area contributed by atoms with Crippen molar-refractivity contribution in [3.8, 4) is 0 Å².